The maximum Gasteiger partial charge on any atom is 0.273 e. The molecular weight excluding hydrogens is 310 g/mol. The Hall–Kier alpha value is -2.21. The third kappa shape index (κ3) is 3.42. The Kier molecular flexibility index (Phi) is 4.71. The number of rotatable bonds is 6. The van der Waals surface area contributed by atoms with Crippen LogP contribution in [0.15, 0.2) is 46.2 Å². The van der Waals surface area contributed by atoms with Crippen LogP contribution < -0.4 is 10.3 Å². The third-order valence-electron chi connectivity index (χ3n) is 3.57. The number of aromatic nitrogens is 3. The van der Waals surface area contributed by atoms with Crippen molar-refractivity contribution in [1.82, 2.24) is 14.6 Å². The Morgan fingerprint density at radius 1 is 1.26 bits per heavy atom. The van der Waals surface area contributed by atoms with Gasteiger partial charge in [-0.3, -0.25) is 9.89 Å². The molecule has 0 spiro atoms. The molecule has 2 heterocycles. The van der Waals surface area contributed by atoms with E-state index in [9.17, 15) is 4.79 Å². The van der Waals surface area contributed by atoms with Gasteiger partial charge in [0.1, 0.15) is 5.75 Å². The van der Waals surface area contributed by atoms with Crippen LogP contribution in [-0.4, -0.2) is 27.5 Å². The summed E-state index contributed by atoms with van der Waals surface area (Å²) in [5, 5.41) is 4.07. The van der Waals surface area contributed by atoms with Crippen LogP contribution in [0.2, 0.25) is 0 Å². The average molecular weight is 329 g/mol. The van der Waals surface area contributed by atoms with E-state index in [1.54, 1.807) is 24.9 Å². The Morgan fingerprint density at radius 2 is 2.04 bits per heavy atom. The number of thioether (sulfide) groups is 1. The number of methoxy groups -OCH3 is 1. The average Bonchev–Trinajstić information content (AvgIpc) is 2.99. The van der Waals surface area contributed by atoms with Crippen LogP contribution in [0.25, 0.3) is 16.9 Å². The SMILES string of the molecule is CCCCSc1cc2nc(-c3ccc(OC)cc3)cc(=O)n2[nH]1. The first-order valence-electron chi connectivity index (χ1n) is 7.61. The lowest BCUT2D eigenvalue weighted by molar-refractivity contribution is 0.415. The number of ether oxygens (including phenoxy) is 1. The van der Waals surface area contributed by atoms with E-state index in [-0.39, 0.29) is 5.56 Å². The van der Waals surface area contributed by atoms with Crippen molar-refractivity contribution in [3.8, 4) is 17.0 Å². The molecule has 1 N–H and O–H groups in total. The summed E-state index contributed by atoms with van der Waals surface area (Å²) in [7, 11) is 1.63. The molecule has 120 valence electrons. The highest BCUT2D eigenvalue weighted by atomic mass is 32.2. The normalized spacial score (nSPS) is 11.0. The van der Waals surface area contributed by atoms with E-state index in [0.29, 0.717) is 11.3 Å². The minimum Gasteiger partial charge on any atom is -0.497 e. The first-order chi connectivity index (χ1) is 11.2. The van der Waals surface area contributed by atoms with E-state index in [0.717, 1.165) is 34.9 Å². The first-order valence-corrected chi connectivity index (χ1v) is 8.60. The van der Waals surface area contributed by atoms with Crippen molar-refractivity contribution in [2.45, 2.75) is 24.8 Å². The molecule has 0 aliphatic rings. The second kappa shape index (κ2) is 6.91. The molecule has 0 saturated heterocycles. The number of fused-ring (bicyclic) bond motifs is 1. The molecule has 5 nitrogen and oxygen atoms in total. The van der Waals surface area contributed by atoms with Gasteiger partial charge in [0.05, 0.1) is 17.8 Å². The molecule has 0 aliphatic heterocycles. The van der Waals surface area contributed by atoms with Crippen LogP contribution in [0.3, 0.4) is 0 Å². The molecule has 0 aliphatic carbocycles. The van der Waals surface area contributed by atoms with E-state index in [1.165, 1.54) is 4.52 Å². The summed E-state index contributed by atoms with van der Waals surface area (Å²) in [5.74, 6) is 1.81. The second-order valence-corrected chi connectivity index (χ2v) is 6.36. The molecule has 0 fully saturated rings. The number of benzene rings is 1. The quantitative estimate of drug-likeness (QED) is 0.554. The van der Waals surface area contributed by atoms with Gasteiger partial charge >= 0.3 is 0 Å². The summed E-state index contributed by atoms with van der Waals surface area (Å²) in [5.41, 5.74) is 2.10. The van der Waals surface area contributed by atoms with Gasteiger partial charge < -0.3 is 4.74 Å². The van der Waals surface area contributed by atoms with Gasteiger partial charge in [-0.05, 0) is 36.4 Å². The lowest BCUT2D eigenvalue weighted by Crippen LogP contribution is -2.14. The number of hydrogen-bond acceptors (Lipinski definition) is 4. The Balaban J connectivity index is 1.94. The van der Waals surface area contributed by atoms with Crippen LogP contribution in [0.5, 0.6) is 5.75 Å². The standard InChI is InChI=1S/C17H19N3O2S/c1-3-4-9-23-16-11-15-18-14(10-17(21)20(15)19-16)12-5-7-13(22-2)8-6-12/h5-8,10-11,19H,3-4,9H2,1-2H3. The zero-order valence-electron chi connectivity index (χ0n) is 13.2. The smallest absolute Gasteiger partial charge is 0.273 e. The Labute approximate surface area is 138 Å². The summed E-state index contributed by atoms with van der Waals surface area (Å²) >= 11 is 1.71. The lowest BCUT2D eigenvalue weighted by Gasteiger charge is -2.03. The van der Waals surface area contributed by atoms with E-state index < -0.39 is 0 Å². The second-order valence-electron chi connectivity index (χ2n) is 5.22. The summed E-state index contributed by atoms with van der Waals surface area (Å²) in [6, 6.07) is 11.0. The fraction of sp³-hybridized carbons (Fsp3) is 0.294. The fourth-order valence-electron chi connectivity index (χ4n) is 2.28. The zero-order chi connectivity index (χ0) is 16.2. The Bertz CT molecular complexity index is 852. The van der Waals surface area contributed by atoms with Gasteiger partial charge in [0.15, 0.2) is 5.65 Å². The van der Waals surface area contributed by atoms with Crippen LogP contribution in [-0.2, 0) is 0 Å². The number of unbranched alkanes of at least 4 members (excludes halogenated alkanes) is 1. The van der Waals surface area contributed by atoms with Gasteiger partial charge in [-0.1, -0.05) is 13.3 Å². The van der Waals surface area contributed by atoms with Gasteiger partial charge in [0, 0.05) is 17.7 Å². The van der Waals surface area contributed by atoms with Crippen LogP contribution in [0.1, 0.15) is 19.8 Å². The van der Waals surface area contributed by atoms with Crippen molar-refractivity contribution in [3.63, 3.8) is 0 Å². The van der Waals surface area contributed by atoms with Gasteiger partial charge in [-0.2, -0.15) is 0 Å². The van der Waals surface area contributed by atoms with Crippen LogP contribution >= 0.6 is 11.8 Å². The molecular formula is C17H19N3O2S. The molecule has 3 rings (SSSR count). The van der Waals surface area contributed by atoms with E-state index in [2.05, 4.69) is 17.0 Å². The van der Waals surface area contributed by atoms with Crippen molar-refractivity contribution < 1.29 is 4.74 Å². The predicted molar refractivity (Wildman–Crippen MR) is 93.4 cm³/mol. The fourth-order valence-corrected chi connectivity index (χ4v) is 3.28. The number of hydrogen-bond donors (Lipinski definition) is 1. The number of aromatic amines is 1. The minimum absolute atomic E-state index is 0.108. The van der Waals surface area contributed by atoms with E-state index in [4.69, 9.17) is 4.74 Å². The monoisotopic (exact) mass is 329 g/mol. The molecule has 0 unspecified atom stereocenters. The molecule has 0 bridgehead atoms. The predicted octanol–water partition coefficient (Wildman–Crippen LogP) is 3.59. The third-order valence-corrected chi connectivity index (χ3v) is 4.58. The van der Waals surface area contributed by atoms with Crippen molar-refractivity contribution in [2.75, 3.05) is 12.9 Å². The van der Waals surface area contributed by atoms with Crippen LogP contribution in [0, 0.1) is 0 Å². The number of nitrogens with one attached hydrogen (secondary N) is 1. The molecule has 3 aromatic rings. The van der Waals surface area contributed by atoms with Crippen molar-refractivity contribution in [2.24, 2.45) is 0 Å². The minimum atomic E-state index is -0.108. The first kappa shape index (κ1) is 15.7. The van der Waals surface area contributed by atoms with Gasteiger partial charge in [0.2, 0.25) is 0 Å². The molecule has 0 amide bonds. The zero-order valence-corrected chi connectivity index (χ0v) is 14.0. The van der Waals surface area contributed by atoms with Gasteiger partial charge in [-0.15, -0.1) is 11.8 Å². The van der Waals surface area contributed by atoms with Crippen molar-refractivity contribution >= 4 is 17.4 Å². The molecule has 6 heteroatoms. The van der Waals surface area contributed by atoms with Crippen LogP contribution in [0.4, 0.5) is 0 Å². The largest absolute Gasteiger partial charge is 0.497 e. The Morgan fingerprint density at radius 3 is 2.74 bits per heavy atom. The topological polar surface area (TPSA) is 59.4 Å². The number of nitrogens with zero attached hydrogens (tertiary/aromatic N) is 2. The summed E-state index contributed by atoms with van der Waals surface area (Å²) in [6.45, 7) is 2.17. The van der Waals surface area contributed by atoms with Gasteiger partial charge in [-0.25, -0.2) is 9.50 Å². The van der Waals surface area contributed by atoms with Gasteiger partial charge in [0.25, 0.3) is 5.56 Å². The molecule has 0 atom stereocenters. The molecule has 0 radical (unpaired) electrons. The lowest BCUT2D eigenvalue weighted by atomic mass is 10.1. The highest BCUT2D eigenvalue weighted by Crippen LogP contribution is 2.22. The maximum absolute atomic E-state index is 12.3. The van der Waals surface area contributed by atoms with E-state index in [1.807, 2.05) is 30.3 Å². The molecule has 23 heavy (non-hydrogen) atoms. The highest BCUT2D eigenvalue weighted by molar-refractivity contribution is 7.99. The molecule has 1 aromatic carbocycles. The van der Waals surface area contributed by atoms with Crippen molar-refractivity contribution in [3.05, 3.63) is 46.8 Å². The summed E-state index contributed by atoms with van der Waals surface area (Å²) in [4.78, 5) is 16.9. The summed E-state index contributed by atoms with van der Waals surface area (Å²) in [6.07, 6.45) is 2.31. The number of H-pyrrole nitrogens is 1. The van der Waals surface area contributed by atoms with Crippen molar-refractivity contribution in [1.29, 1.82) is 0 Å². The highest BCUT2D eigenvalue weighted by Gasteiger charge is 2.08. The molecule has 2 aromatic heterocycles. The maximum atomic E-state index is 12.3. The molecule has 0 saturated carbocycles. The van der Waals surface area contributed by atoms with E-state index >= 15 is 0 Å². The summed E-state index contributed by atoms with van der Waals surface area (Å²) < 4.78 is 6.64.